The van der Waals surface area contributed by atoms with Crippen molar-refractivity contribution in [2.45, 2.75) is 18.9 Å². The second kappa shape index (κ2) is 7.50. The first kappa shape index (κ1) is 17.7. The van der Waals surface area contributed by atoms with Crippen molar-refractivity contribution in [3.63, 3.8) is 0 Å². The maximum absolute atomic E-state index is 12.5. The molecule has 1 N–H and O–H groups in total. The summed E-state index contributed by atoms with van der Waals surface area (Å²) < 4.78 is 10.9. The van der Waals surface area contributed by atoms with Crippen LogP contribution in [0.3, 0.4) is 0 Å². The van der Waals surface area contributed by atoms with Gasteiger partial charge in [-0.2, -0.15) is 4.98 Å². The van der Waals surface area contributed by atoms with Crippen LogP contribution >= 0.6 is 11.6 Å². The molecule has 6 nitrogen and oxygen atoms in total. The number of ether oxygens (including phenoxy) is 2. The van der Waals surface area contributed by atoms with Crippen molar-refractivity contribution in [3.8, 4) is 23.0 Å². The van der Waals surface area contributed by atoms with Crippen LogP contribution in [0.4, 0.5) is 0 Å². The SMILES string of the molecule is COc1cc2c(OC(=O)[C@@H]3CCCN3)nc(-c3ccccc3)nc2cc1Cl. The van der Waals surface area contributed by atoms with E-state index in [1.807, 2.05) is 30.3 Å². The molecule has 0 saturated carbocycles. The van der Waals surface area contributed by atoms with Crippen LogP contribution in [0.5, 0.6) is 11.6 Å². The van der Waals surface area contributed by atoms with Gasteiger partial charge in [-0.25, -0.2) is 9.78 Å². The number of hydrogen-bond acceptors (Lipinski definition) is 6. The summed E-state index contributed by atoms with van der Waals surface area (Å²) in [6.07, 6.45) is 1.70. The van der Waals surface area contributed by atoms with E-state index in [2.05, 4.69) is 15.3 Å². The van der Waals surface area contributed by atoms with Gasteiger partial charge in [0, 0.05) is 5.56 Å². The molecule has 1 fully saturated rings. The van der Waals surface area contributed by atoms with E-state index >= 15 is 0 Å². The summed E-state index contributed by atoms with van der Waals surface area (Å²) in [6, 6.07) is 12.6. The second-order valence-corrected chi connectivity index (χ2v) is 6.70. The maximum atomic E-state index is 12.5. The highest BCUT2D eigenvalue weighted by atomic mass is 35.5. The predicted molar refractivity (Wildman–Crippen MR) is 103 cm³/mol. The second-order valence-electron chi connectivity index (χ2n) is 6.29. The molecule has 2 heterocycles. The highest BCUT2D eigenvalue weighted by Gasteiger charge is 2.25. The number of nitrogens with one attached hydrogen (secondary N) is 1. The van der Waals surface area contributed by atoms with Gasteiger partial charge >= 0.3 is 5.97 Å². The van der Waals surface area contributed by atoms with Gasteiger partial charge in [-0.15, -0.1) is 0 Å². The lowest BCUT2D eigenvalue weighted by molar-refractivity contribution is -0.136. The van der Waals surface area contributed by atoms with E-state index in [1.54, 1.807) is 12.1 Å². The number of rotatable bonds is 4. The molecule has 1 saturated heterocycles. The zero-order valence-corrected chi connectivity index (χ0v) is 15.5. The van der Waals surface area contributed by atoms with Gasteiger partial charge in [-0.3, -0.25) is 0 Å². The highest BCUT2D eigenvalue weighted by Crippen LogP contribution is 2.34. The van der Waals surface area contributed by atoms with Crippen molar-refractivity contribution in [1.82, 2.24) is 15.3 Å². The van der Waals surface area contributed by atoms with Crippen LogP contribution in [-0.4, -0.2) is 35.6 Å². The molecule has 2 aromatic carbocycles. The molecule has 3 aromatic rings. The van der Waals surface area contributed by atoms with Crippen molar-refractivity contribution < 1.29 is 14.3 Å². The first-order chi connectivity index (χ1) is 13.2. The lowest BCUT2D eigenvalue weighted by atomic mass is 10.2. The van der Waals surface area contributed by atoms with Crippen LogP contribution in [0, 0.1) is 0 Å². The van der Waals surface area contributed by atoms with Gasteiger partial charge in [0.2, 0.25) is 5.88 Å². The fourth-order valence-corrected chi connectivity index (χ4v) is 3.34. The Hall–Kier alpha value is -2.70. The molecule has 1 atom stereocenters. The molecule has 0 radical (unpaired) electrons. The molecule has 0 aliphatic carbocycles. The minimum Gasteiger partial charge on any atom is -0.495 e. The lowest BCUT2D eigenvalue weighted by Gasteiger charge is -2.13. The molecular formula is C20H18ClN3O3. The Balaban J connectivity index is 1.83. The van der Waals surface area contributed by atoms with E-state index in [0.29, 0.717) is 27.5 Å². The summed E-state index contributed by atoms with van der Waals surface area (Å²) in [5.41, 5.74) is 1.40. The molecule has 4 rings (SSSR count). The summed E-state index contributed by atoms with van der Waals surface area (Å²) >= 11 is 6.26. The number of halogens is 1. The molecular weight excluding hydrogens is 366 g/mol. The van der Waals surface area contributed by atoms with Crippen molar-refractivity contribution in [3.05, 3.63) is 47.5 Å². The number of fused-ring (bicyclic) bond motifs is 1. The number of aromatic nitrogens is 2. The number of nitrogens with zero attached hydrogens (tertiary/aromatic N) is 2. The third-order valence-electron chi connectivity index (χ3n) is 4.51. The molecule has 138 valence electrons. The number of carbonyl (C=O) groups is 1. The van der Waals surface area contributed by atoms with Crippen LogP contribution < -0.4 is 14.8 Å². The Morgan fingerprint density at radius 3 is 2.74 bits per heavy atom. The van der Waals surface area contributed by atoms with Crippen LogP contribution in [0.1, 0.15) is 12.8 Å². The number of benzene rings is 2. The van der Waals surface area contributed by atoms with Crippen LogP contribution in [0.25, 0.3) is 22.3 Å². The molecule has 7 heteroatoms. The molecule has 0 amide bonds. The zero-order valence-electron chi connectivity index (χ0n) is 14.7. The van der Waals surface area contributed by atoms with E-state index in [4.69, 9.17) is 21.1 Å². The van der Waals surface area contributed by atoms with E-state index in [0.717, 1.165) is 24.9 Å². The van der Waals surface area contributed by atoms with Gasteiger partial charge in [-0.05, 0) is 31.5 Å². The van der Waals surface area contributed by atoms with Gasteiger partial charge < -0.3 is 14.8 Å². The van der Waals surface area contributed by atoms with Crippen LogP contribution in [0.15, 0.2) is 42.5 Å². The van der Waals surface area contributed by atoms with E-state index < -0.39 is 0 Å². The topological polar surface area (TPSA) is 73.3 Å². The quantitative estimate of drug-likeness (QED) is 0.694. The average molecular weight is 384 g/mol. The first-order valence-electron chi connectivity index (χ1n) is 8.71. The van der Waals surface area contributed by atoms with E-state index in [-0.39, 0.29) is 17.9 Å². The smallest absolute Gasteiger partial charge is 0.329 e. The minimum absolute atomic E-state index is 0.201. The average Bonchev–Trinajstić information content (AvgIpc) is 3.23. The molecule has 1 aliphatic rings. The fraction of sp³-hybridized carbons (Fsp3) is 0.250. The Morgan fingerprint density at radius 2 is 2.04 bits per heavy atom. The van der Waals surface area contributed by atoms with Gasteiger partial charge in [0.05, 0.1) is 23.0 Å². The standard InChI is InChI=1S/C20H18ClN3O3/c1-26-17-10-13-16(11-14(17)21)23-18(12-6-3-2-4-7-12)24-19(13)27-20(25)15-8-5-9-22-15/h2-4,6-7,10-11,15,22H,5,8-9H2,1H3/t15-/m0/s1. The van der Waals surface area contributed by atoms with Gasteiger partial charge in [0.25, 0.3) is 0 Å². The Bertz CT molecular complexity index is 989. The number of hydrogen-bond donors (Lipinski definition) is 1. The summed E-state index contributed by atoms with van der Waals surface area (Å²) in [4.78, 5) is 21.6. The monoisotopic (exact) mass is 383 g/mol. The van der Waals surface area contributed by atoms with Crippen molar-refractivity contribution in [2.24, 2.45) is 0 Å². The Labute approximate surface area is 161 Å². The van der Waals surface area contributed by atoms with Gasteiger partial charge in [0.1, 0.15) is 11.8 Å². The van der Waals surface area contributed by atoms with E-state index in [1.165, 1.54) is 7.11 Å². The van der Waals surface area contributed by atoms with Crippen molar-refractivity contribution in [1.29, 1.82) is 0 Å². The zero-order chi connectivity index (χ0) is 18.8. The maximum Gasteiger partial charge on any atom is 0.329 e. The van der Waals surface area contributed by atoms with Crippen LogP contribution in [0.2, 0.25) is 5.02 Å². The first-order valence-corrected chi connectivity index (χ1v) is 9.09. The third kappa shape index (κ3) is 3.59. The fourth-order valence-electron chi connectivity index (χ4n) is 3.10. The van der Waals surface area contributed by atoms with E-state index in [9.17, 15) is 4.79 Å². The lowest BCUT2D eigenvalue weighted by Crippen LogP contribution is -2.34. The Kier molecular flexibility index (Phi) is 4.92. The van der Waals surface area contributed by atoms with Gasteiger partial charge in [0.15, 0.2) is 5.82 Å². The number of carbonyl (C=O) groups excluding carboxylic acids is 1. The predicted octanol–water partition coefficient (Wildman–Crippen LogP) is 3.62. The summed E-state index contributed by atoms with van der Waals surface area (Å²) in [7, 11) is 1.53. The van der Waals surface area contributed by atoms with Gasteiger partial charge in [-0.1, -0.05) is 41.9 Å². The van der Waals surface area contributed by atoms with Crippen LogP contribution in [-0.2, 0) is 4.79 Å². The third-order valence-corrected chi connectivity index (χ3v) is 4.80. The highest BCUT2D eigenvalue weighted by molar-refractivity contribution is 6.32. The normalized spacial score (nSPS) is 16.4. The minimum atomic E-state index is -0.347. The summed E-state index contributed by atoms with van der Waals surface area (Å²) in [6.45, 7) is 0.809. The Morgan fingerprint density at radius 1 is 1.22 bits per heavy atom. The van der Waals surface area contributed by atoms with Crippen molar-refractivity contribution >= 4 is 28.5 Å². The molecule has 0 unspecified atom stereocenters. The summed E-state index contributed by atoms with van der Waals surface area (Å²) in [5, 5.41) is 4.14. The molecule has 0 spiro atoms. The molecule has 1 aromatic heterocycles. The number of methoxy groups -OCH3 is 1. The number of esters is 1. The molecule has 27 heavy (non-hydrogen) atoms. The molecule has 0 bridgehead atoms. The molecule has 1 aliphatic heterocycles. The van der Waals surface area contributed by atoms with Crippen molar-refractivity contribution in [2.75, 3.05) is 13.7 Å². The summed E-state index contributed by atoms with van der Waals surface area (Å²) in [5.74, 6) is 0.788. The largest absolute Gasteiger partial charge is 0.495 e.